The predicted molar refractivity (Wildman–Crippen MR) is 40.4 cm³/mol. The molecular formula is C7H11N3O2. The lowest BCUT2D eigenvalue weighted by molar-refractivity contribution is 0.0243. The van der Waals surface area contributed by atoms with Gasteiger partial charge in [-0.15, -0.1) is 0 Å². The molecule has 1 aliphatic rings. The molecule has 66 valence electrons. The van der Waals surface area contributed by atoms with Crippen LogP contribution in [0.3, 0.4) is 0 Å². The first-order valence-electron chi connectivity index (χ1n) is 3.95. The summed E-state index contributed by atoms with van der Waals surface area (Å²) in [5, 5.41) is 16.6. The van der Waals surface area contributed by atoms with Crippen molar-refractivity contribution in [1.82, 2.24) is 15.5 Å². The van der Waals surface area contributed by atoms with Gasteiger partial charge in [0.15, 0.2) is 11.4 Å². The quantitative estimate of drug-likeness (QED) is 0.596. The van der Waals surface area contributed by atoms with Crippen molar-refractivity contribution in [3.63, 3.8) is 0 Å². The molecule has 12 heavy (non-hydrogen) atoms. The minimum atomic E-state index is -0.943. The Morgan fingerprint density at radius 2 is 2.50 bits per heavy atom. The molecule has 1 fully saturated rings. The molecule has 0 saturated carbocycles. The molecule has 2 heterocycles. The van der Waals surface area contributed by atoms with Crippen molar-refractivity contribution in [1.29, 1.82) is 0 Å². The van der Waals surface area contributed by atoms with E-state index in [0.717, 1.165) is 6.54 Å². The molecule has 0 bridgehead atoms. The highest BCUT2D eigenvalue weighted by molar-refractivity contribution is 5.02. The summed E-state index contributed by atoms with van der Waals surface area (Å²) in [7, 11) is 0. The second-order valence-corrected chi connectivity index (χ2v) is 3.11. The lowest BCUT2D eigenvalue weighted by Crippen LogP contribution is -2.28. The maximum Gasteiger partial charge on any atom is 0.259 e. The van der Waals surface area contributed by atoms with Crippen LogP contribution in [0, 0.1) is 6.92 Å². The molecule has 1 aromatic rings. The fraction of sp³-hybridized carbons (Fsp3) is 0.714. The molecule has 0 aliphatic carbocycles. The number of aryl methyl sites for hydroxylation is 1. The van der Waals surface area contributed by atoms with Crippen LogP contribution in [0.15, 0.2) is 4.52 Å². The third-order valence-electron chi connectivity index (χ3n) is 2.06. The Labute approximate surface area is 69.8 Å². The number of hydrogen-bond donors (Lipinski definition) is 2. The summed E-state index contributed by atoms with van der Waals surface area (Å²) in [5.41, 5.74) is -0.943. The zero-order chi connectivity index (χ0) is 8.60. The average molecular weight is 169 g/mol. The molecule has 0 aromatic carbocycles. The second kappa shape index (κ2) is 2.53. The molecule has 1 unspecified atom stereocenters. The third kappa shape index (κ3) is 1.11. The van der Waals surface area contributed by atoms with Crippen LogP contribution in [0.25, 0.3) is 0 Å². The zero-order valence-electron chi connectivity index (χ0n) is 6.87. The predicted octanol–water partition coefficient (Wildman–Crippen LogP) is -0.441. The number of hydrogen-bond acceptors (Lipinski definition) is 5. The van der Waals surface area contributed by atoms with Gasteiger partial charge in [0.25, 0.3) is 5.89 Å². The second-order valence-electron chi connectivity index (χ2n) is 3.11. The monoisotopic (exact) mass is 169 g/mol. The van der Waals surface area contributed by atoms with Crippen LogP contribution < -0.4 is 5.32 Å². The summed E-state index contributed by atoms with van der Waals surface area (Å²) in [6.45, 7) is 3.02. The molecule has 1 aromatic heterocycles. The van der Waals surface area contributed by atoms with Gasteiger partial charge >= 0.3 is 0 Å². The van der Waals surface area contributed by atoms with Crippen molar-refractivity contribution in [2.75, 3.05) is 13.1 Å². The van der Waals surface area contributed by atoms with Gasteiger partial charge in [-0.1, -0.05) is 5.16 Å². The van der Waals surface area contributed by atoms with E-state index >= 15 is 0 Å². The van der Waals surface area contributed by atoms with Crippen LogP contribution in [0.4, 0.5) is 0 Å². The molecule has 0 spiro atoms. The first-order chi connectivity index (χ1) is 5.71. The Kier molecular flexibility index (Phi) is 1.62. The van der Waals surface area contributed by atoms with Crippen molar-refractivity contribution >= 4 is 0 Å². The molecule has 5 nitrogen and oxygen atoms in total. The topological polar surface area (TPSA) is 71.2 Å². The van der Waals surface area contributed by atoms with Gasteiger partial charge in [-0.25, -0.2) is 0 Å². The summed E-state index contributed by atoms with van der Waals surface area (Å²) < 4.78 is 4.90. The Morgan fingerprint density at radius 3 is 3.00 bits per heavy atom. The van der Waals surface area contributed by atoms with Crippen molar-refractivity contribution < 1.29 is 9.63 Å². The molecule has 5 heteroatoms. The molecule has 0 radical (unpaired) electrons. The fourth-order valence-electron chi connectivity index (χ4n) is 1.35. The van der Waals surface area contributed by atoms with E-state index in [4.69, 9.17) is 4.52 Å². The number of nitrogens with one attached hydrogen (secondary N) is 1. The maximum atomic E-state index is 9.92. The van der Waals surface area contributed by atoms with E-state index in [0.29, 0.717) is 24.7 Å². The summed E-state index contributed by atoms with van der Waals surface area (Å²) in [6, 6.07) is 0. The number of aliphatic hydroxyl groups is 1. The fourth-order valence-corrected chi connectivity index (χ4v) is 1.35. The molecule has 2 N–H and O–H groups in total. The number of nitrogens with zero attached hydrogens (tertiary/aromatic N) is 2. The standard InChI is InChI=1S/C7H11N3O2/c1-5-9-6(12-10-5)7(11)2-3-8-4-7/h8,11H,2-4H2,1H3. The summed E-state index contributed by atoms with van der Waals surface area (Å²) in [6.07, 6.45) is 0.634. The number of rotatable bonds is 1. The van der Waals surface area contributed by atoms with Crippen LogP contribution >= 0.6 is 0 Å². The Hall–Kier alpha value is -0.940. The van der Waals surface area contributed by atoms with E-state index in [1.54, 1.807) is 6.92 Å². The molecule has 2 rings (SSSR count). The van der Waals surface area contributed by atoms with Gasteiger partial charge in [-0.05, 0) is 19.9 Å². The van der Waals surface area contributed by atoms with Crippen molar-refractivity contribution in [2.45, 2.75) is 18.9 Å². The lowest BCUT2D eigenvalue weighted by atomic mass is 10.0. The third-order valence-corrected chi connectivity index (χ3v) is 2.06. The van der Waals surface area contributed by atoms with Gasteiger partial charge < -0.3 is 14.9 Å². The largest absolute Gasteiger partial charge is 0.379 e. The Balaban J connectivity index is 2.28. The van der Waals surface area contributed by atoms with E-state index in [1.165, 1.54) is 0 Å². The normalized spacial score (nSPS) is 29.5. The minimum Gasteiger partial charge on any atom is -0.379 e. The van der Waals surface area contributed by atoms with Gasteiger partial charge in [0.05, 0.1) is 0 Å². The van der Waals surface area contributed by atoms with E-state index in [1.807, 2.05) is 0 Å². The van der Waals surface area contributed by atoms with Gasteiger partial charge in [0, 0.05) is 6.54 Å². The summed E-state index contributed by atoms with van der Waals surface area (Å²) in [4.78, 5) is 4.00. The maximum absolute atomic E-state index is 9.92. The van der Waals surface area contributed by atoms with E-state index in [2.05, 4.69) is 15.5 Å². The highest BCUT2D eigenvalue weighted by Gasteiger charge is 2.38. The van der Waals surface area contributed by atoms with E-state index in [9.17, 15) is 5.11 Å². The first-order valence-corrected chi connectivity index (χ1v) is 3.95. The van der Waals surface area contributed by atoms with Crippen LogP contribution in [-0.4, -0.2) is 28.3 Å². The highest BCUT2D eigenvalue weighted by atomic mass is 16.5. The summed E-state index contributed by atoms with van der Waals surface area (Å²) in [5.74, 6) is 0.885. The van der Waals surface area contributed by atoms with Crippen LogP contribution in [0.2, 0.25) is 0 Å². The van der Waals surface area contributed by atoms with E-state index < -0.39 is 5.60 Å². The smallest absolute Gasteiger partial charge is 0.259 e. The van der Waals surface area contributed by atoms with Crippen LogP contribution in [-0.2, 0) is 5.60 Å². The summed E-state index contributed by atoms with van der Waals surface area (Å²) >= 11 is 0. The lowest BCUT2D eigenvalue weighted by Gasteiger charge is -2.14. The van der Waals surface area contributed by atoms with Crippen LogP contribution in [0.5, 0.6) is 0 Å². The van der Waals surface area contributed by atoms with Gasteiger partial charge in [0.1, 0.15) is 0 Å². The Morgan fingerprint density at radius 1 is 1.67 bits per heavy atom. The van der Waals surface area contributed by atoms with Crippen molar-refractivity contribution in [3.8, 4) is 0 Å². The molecule has 1 atom stereocenters. The van der Waals surface area contributed by atoms with Crippen LogP contribution in [0.1, 0.15) is 18.1 Å². The first kappa shape index (κ1) is 7.70. The molecule has 1 saturated heterocycles. The minimum absolute atomic E-state index is 0.324. The average Bonchev–Trinajstić information content (AvgIpc) is 2.59. The molecular weight excluding hydrogens is 158 g/mol. The zero-order valence-corrected chi connectivity index (χ0v) is 6.87. The van der Waals surface area contributed by atoms with E-state index in [-0.39, 0.29) is 0 Å². The SMILES string of the molecule is Cc1noc(C2(O)CCNC2)n1. The Bertz CT molecular complexity index is 278. The van der Waals surface area contributed by atoms with Gasteiger partial charge in [-0.2, -0.15) is 4.98 Å². The molecule has 1 aliphatic heterocycles. The van der Waals surface area contributed by atoms with Gasteiger partial charge in [0.2, 0.25) is 0 Å². The van der Waals surface area contributed by atoms with Gasteiger partial charge in [-0.3, -0.25) is 0 Å². The molecule has 0 amide bonds. The highest BCUT2D eigenvalue weighted by Crippen LogP contribution is 2.25. The number of aromatic nitrogens is 2. The van der Waals surface area contributed by atoms with Crippen molar-refractivity contribution in [3.05, 3.63) is 11.7 Å². The van der Waals surface area contributed by atoms with Crippen molar-refractivity contribution in [2.24, 2.45) is 0 Å². The number of β-amino-alcohol motifs (C(OH)–C–C–N with tert-alkyl or cyclic N) is 1.